The van der Waals surface area contributed by atoms with Crippen LogP contribution in [0.25, 0.3) is 0 Å². The van der Waals surface area contributed by atoms with E-state index in [0.717, 1.165) is 11.3 Å². The molecule has 0 amide bonds. The van der Waals surface area contributed by atoms with Gasteiger partial charge in [0.15, 0.2) is 6.17 Å². The Balaban J connectivity index is 1.79. The molecule has 1 aromatic heterocycles. The molecule has 2 aromatic carbocycles. The highest BCUT2D eigenvalue weighted by Crippen LogP contribution is 2.21. The summed E-state index contributed by atoms with van der Waals surface area (Å²) in [7, 11) is 0. The van der Waals surface area contributed by atoms with Crippen LogP contribution in [0.1, 0.15) is 53.9 Å². The number of hydrogen-bond donors (Lipinski definition) is 3. The normalized spacial score (nSPS) is 15.4. The Morgan fingerprint density at radius 2 is 1.83 bits per heavy atom. The Hall–Kier alpha value is -3.41. The molecule has 1 atom stereocenters. The number of guanidine groups is 1. The zero-order valence-corrected chi connectivity index (χ0v) is 18.1. The quantitative estimate of drug-likeness (QED) is 0.630. The Labute approximate surface area is 176 Å². The van der Waals surface area contributed by atoms with E-state index in [-0.39, 0.29) is 11.7 Å². The third kappa shape index (κ3) is 3.73. The Kier molecular flexibility index (Phi) is 5.16. The molecule has 0 saturated heterocycles. The molecule has 1 aliphatic heterocycles. The van der Waals surface area contributed by atoms with Crippen LogP contribution in [0.15, 0.2) is 53.3 Å². The van der Waals surface area contributed by atoms with E-state index in [1.165, 1.54) is 16.7 Å². The average molecular weight is 403 g/mol. The monoisotopic (exact) mass is 402 g/mol. The largest absolute Gasteiger partial charge is 0.357 e. The lowest BCUT2D eigenvalue weighted by Crippen LogP contribution is -2.82. The van der Waals surface area contributed by atoms with Gasteiger partial charge in [-0.05, 0) is 49.4 Å². The van der Waals surface area contributed by atoms with Crippen molar-refractivity contribution in [2.75, 3.05) is 10.6 Å². The molecule has 30 heavy (non-hydrogen) atoms. The van der Waals surface area contributed by atoms with Crippen LogP contribution in [0.4, 0.5) is 11.6 Å². The van der Waals surface area contributed by atoms with Crippen molar-refractivity contribution in [3.05, 3.63) is 86.8 Å². The maximum Gasteiger partial charge on any atom is 0.357 e. The van der Waals surface area contributed by atoms with Crippen molar-refractivity contribution in [3.8, 4) is 0 Å². The number of nitrogens with one attached hydrogen (secondary N) is 3. The van der Waals surface area contributed by atoms with Crippen LogP contribution in [-0.4, -0.2) is 15.5 Å². The lowest BCUT2D eigenvalue weighted by Gasteiger charge is -2.23. The molecule has 0 radical (unpaired) electrons. The number of fused-ring (bicyclic) bond motifs is 1. The van der Waals surface area contributed by atoms with Crippen LogP contribution < -0.4 is 21.2 Å². The van der Waals surface area contributed by atoms with Gasteiger partial charge < -0.3 is 0 Å². The molecule has 6 heteroatoms. The summed E-state index contributed by atoms with van der Waals surface area (Å²) in [5.74, 6) is 1.66. The van der Waals surface area contributed by atoms with Crippen molar-refractivity contribution < 1.29 is 4.99 Å². The molecule has 0 unspecified atom stereocenters. The van der Waals surface area contributed by atoms with E-state index < -0.39 is 0 Å². The van der Waals surface area contributed by atoms with Crippen LogP contribution in [0.3, 0.4) is 0 Å². The van der Waals surface area contributed by atoms with Gasteiger partial charge in [-0.3, -0.25) is 9.79 Å². The first-order chi connectivity index (χ1) is 14.3. The molecule has 0 spiro atoms. The lowest BCUT2D eigenvalue weighted by molar-refractivity contribution is -0.520. The fourth-order valence-corrected chi connectivity index (χ4v) is 3.68. The first-order valence-electron chi connectivity index (χ1n) is 10.3. The predicted molar refractivity (Wildman–Crippen MR) is 121 cm³/mol. The molecule has 3 N–H and O–H groups in total. The zero-order chi connectivity index (χ0) is 21.4. The van der Waals surface area contributed by atoms with Crippen molar-refractivity contribution >= 4 is 17.6 Å². The van der Waals surface area contributed by atoms with E-state index in [2.05, 4.69) is 78.6 Å². The fraction of sp³-hybridized carbons (Fsp3) is 0.292. The molecule has 0 aliphatic carbocycles. The average Bonchev–Trinajstić information content (AvgIpc) is 2.70. The summed E-state index contributed by atoms with van der Waals surface area (Å²) in [6.07, 6.45) is -0.365. The number of rotatable bonds is 3. The first-order valence-corrected chi connectivity index (χ1v) is 10.3. The van der Waals surface area contributed by atoms with Gasteiger partial charge in [-0.1, -0.05) is 50.2 Å². The first kappa shape index (κ1) is 19.9. The standard InChI is InChI=1S/C24H27N5O/c1-14(2)18-9-11-19(12-10-18)22-27-23(26-20-8-6-7-15(3)17(20)5)28-24-25-16(4)13-21(30)29(22)24/h6-14,22H,1-5H3,(H2,25,26,27,28)/p+1/t22-/m0/s1. The summed E-state index contributed by atoms with van der Waals surface area (Å²) in [6.45, 7) is 10.3. The molecular formula is C24H28N5O+. The van der Waals surface area contributed by atoms with Gasteiger partial charge in [0, 0.05) is 17.3 Å². The summed E-state index contributed by atoms with van der Waals surface area (Å²) >= 11 is 0. The number of anilines is 2. The van der Waals surface area contributed by atoms with Gasteiger partial charge in [-0.2, -0.15) is 0 Å². The van der Waals surface area contributed by atoms with Crippen molar-refractivity contribution in [2.24, 2.45) is 0 Å². The molecule has 1 aliphatic rings. The number of hydrogen-bond acceptors (Lipinski definition) is 4. The molecule has 0 saturated carbocycles. The van der Waals surface area contributed by atoms with Gasteiger partial charge in [0.2, 0.25) is 0 Å². The smallest absolute Gasteiger partial charge is 0.269 e. The fourth-order valence-electron chi connectivity index (χ4n) is 3.68. The second-order valence-corrected chi connectivity index (χ2v) is 8.17. The Bertz CT molecular complexity index is 1180. The number of nitrogens with zero attached hydrogens (tertiary/aromatic N) is 2. The lowest BCUT2D eigenvalue weighted by atomic mass is 10.0. The van der Waals surface area contributed by atoms with Crippen LogP contribution >= 0.6 is 0 Å². The van der Waals surface area contributed by atoms with E-state index in [4.69, 9.17) is 0 Å². The van der Waals surface area contributed by atoms with Crippen molar-refractivity contribution in [3.63, 3.8) is 0 Å². The van der Waals surface area contributed by atoms with Gasteiger partial charge in [-0.25, -0.2) is 20.2 Å². The topological polar surface area (TPSA) is 72.9 Å². The molecular weight excluding hydrogens is 374 g/mol. The van der Waals surface area contributed by atoms with Crippen LogP contribution in [0.2, 0.25) is 0 Å². The molecule has 2 heterocycles. The van der Waals surface area contributed by atoms with Crippen LogP contribution in [-0.2, 0) is 0 Å². The highest BCUT2D eigenvalue weighted by molar-refractivity contribution is 5.99. The number of benzene rings is 2. The molecule has 154 valence electrons. The van der Waals surface area contributed by atoms with E-state index in [9.17, 15) is 4.79 Å². The Morgan fingerprint density at radius 1 is 1.10 bits per heavy atom. The van der Waals surface area contributed by atoms with Gasteiger partial charge >= 0.3 is 5.96 Å². The van der Waals surface area contributed by atoms with E-state index >= 15 is 0 Å². The minimum Gasteiger partial charge on any atom is -0.269 e. The summed E-state index contributed by atoms with van der Waals surface area (Å²) in [5.41, 5.74) is 6.23. The number of aryl methyl sites for hydroxylation is 2. The van der Waals surface area contributed by atoms with Crippen molar-refractivity contribution in [2.45, 2.75) is 46.7 Å². The number of aromatic nitrogens is 2. The maximum absolute atomic E-state index is 12.8. The predicted octanol–water partition coefficient (Wildman–Crippen LogP) is 2.81. The van der Waals surface area contributed by atoms with Gasteiger partial charge in [0.1, 0.15) is 5.69 Å². The second kappa shape index (κ2) is 7.78. The third-order valence-corrected chi connectivity index (χ3v) is 5.64. The second-order valence-electron chi connectivity index (χ2n) is 8.17. The molecule has 0 fully saturated rings. The highest BCUT2D eigenvalue weighted by Gasteiger charge is 2.29. The van der Waals surface area contributed by atoms with E-state index in [1.807, 2.05) is 19.1 Å². The SMILES string of the molecule is Cc1cc(=O)n2c(n1)NC(Nc1cccc(C)c1C)=[NH+][C@@H]2c1ccc(C(C)C)cc1. The van der Waals surface area contributed by atoms with Gasteiger partial charge in [-0.15, -0.1) is 0 Å². The van der Waals surface area contributed by atoms with Gasteiger partial charge in [0.25, 0.3) is 11.5 Å². The minimum atomic E-state index is -0.365. The third-order valence-electron chi connectivity index (χ3n) is 5.64. The summed E-state index contributed by atoms with van der Waals surface area (Å²) in [5, 5.41) is 6.69. The summed E-state index contributed by atoms with van der Waals surface area (Å²) in [6, 6.07) is 16.1. The molecule has 3 aromatic rings. The summed E-state index contributed by atoms with van der Waals surface area (Å²) in [4.78, 5) is 20.8. The van der Waals surface area contributed by atoms with Gasteiger partial charge in [0.05, 0.1) is 0 Å². The Morgan fingerprint density at radius 3 is 2.53 bits per heavy atom. The molecule has 0 bridgehead atoms. The van der Waals surface area contributed by atoms with Crippen LogP contribution in [0, 0.1) is 20.8 Å². The van der Waals surface area contributed by atoms with Crippen molar-refractivity contribution in [1.82, 2.24) is 9.55 Å². The minimum absolute atomic E-state index is 0.0961. The summed E-state index contributed by atoms with van der Waals surface area (Å²) < 4.78 is 1.66. The van der Waals surface area contributed by atoms with E-state index in [1.54, 1.807) is 10.6 Å². The zero-order valence-electron chi connectivity index (χ0n) is 18.1. The van der Waals surface area contributed by atoms with Crippen molar-refractivity contribution in [1.29, 1.82) is 0 Å². The van der Waals surface area contributed by atoms with Crippen LogP contribution in [0.5, 0.6) is 0 Å². The highest BCUT2D eigenvalue weighted by atomic mass is 16.1. The molecule has 6 nitrogen and oxygen atoms in total. The molecule has 4 rings (SSSR count). The van der Waals surface area contributed by atoms with E-state index in [0.29, 0.717) is 23.5 Å². The maximum atomic E-state index is 12.8.